The normalized spacial score (nSPS) is 21.1. The molecule has 1 aliphatic carbocycles. The largest absolute Gasteiger partial charge is 0.394 e. The summed E-state index contributed by atoms with van der Waals surface area (Å²) in [7, 11) is 0. The molecule has 1 fully saturated rings. The third kappa shape index (κ3) is 3.32. The molecule has 1 unspecified atom stereocenters. The van der Waals surface area contributed by atoms with Crippen LogP contribution in [0.25, 0.3) is 0 Å². The lowest BCUT2D eigenvalue weighted by atomic mass is 9.82. The van der Waals surface area contributed by atoms with E-state index in [0.717, 1.165) is 25.7 Å². The molecule has 0 spiro atoms. The summed E-state index contributed by atoms with van der Waals surface area (Å²) in [5, 5.41) is 12.3. The smallest absolute Gasteiger partial charge is 0.237 e. The number of nitrogens with two attached hydrogens (primary N) is 1. The van der Waals surface area contributed by atoms with Crippen LogP contribution in [0.1, 0.15) is 38.5 Å². The Hall–Kier alpha value is -0.870. The predicted octanol–water partition coefficient (Wildman–Crippen LogP) is 0.701. The Bertz CT molecular complexity index is 247. The van der Waals surface area contributed by atoms with Crippen LogP contribution in [0.5, 0.6) is 0 Å². The van der Waals surface area contributed by atoms with Crippen LogP contribution in [0.3, 0.4) is 0 Å². The molecule has 0 aromatic heterocycles. The minimum absolute atomic E-state index is 0.000447. The van der Waals surface area contributed by atoms with Crippen molar-refractivity contribution >= 4 is 5.91 Å². The Morgan fingerprint density at radius 1 is 1.50 bits per heavy atom. The van der Waals surface area contributed by atoms with Crippen LogP contribution in [0.15, 0.2) is 12.7 Å². The quantitative estimate of drug-likeness (QED) is 0.604. The lowest BCUT2D eigenvalue weighted by Crippen LogP contribution is -2.56. The van der Waals surface area contributed by atoms with Gasteiger partial charge in [-0.15, -0.1) is 6.58 Å². The Morgan fingerprint density at radius 2 is 2.12 bits per heavy atom. The second-order valence-electron chi connectivity index (χ2n) is 4.62. The van der Waals surface area contributed by atoms with Gasteiger partial charge >= 0.3 is 0 Å². The molecule has 1 atom stereocenters. The molecule has 16 heavy (non-hydrogen) atoms. The third-order valence-corrected chi connectivity index (χ3v) is 3.26. The highest BCUT2D eigenvalue weighted by Crippen LogP contribution is 2.27. The summed E-state index contributed by atoms with van der Waals surface area (Å²) in [4.78, 5) is 11.8. The molecule has 1 aliphatic rings. The molecule has 4 nitrogen and oxygen atoms in total. The fourth-order valence-electron chi connectivity index (χ4n) is 2.19. The average Bonchev–Trinajstić information content (AvgIpc) is 2.30. The molecule has 4 N–H and O–H groups in total. The van der Waals surface area contributed by atoms with Gasteiger partial charge in [0.05, 0.1) is 18.2 Å². The Kier molecular flexibility index (Phi) is 4.96. The van der Waals surface area contributed by atoms with Crippen molar-refractivity contribution in [3.8, 4) is 0 Å². The lowest BCUT2D eigenvalue weighted by molar-refractivity contribution is -0.125. The van der Waals surface area contributed by atoms with Crippen LogP contribution < -0.4 is 11.1 Å². The van der Waals surface area contributed by atoms with Crippen LogP contribution >= 0.6 is 0 Å². The van der Waals surface area contributed by atoms with Gasteiger partial charge in [-0.1, -0.05) is 25.3 Å². The number of rotatable bonds is 5. The minimum atomic E-state index is -0.553. The zero-order valence-corrected chi connectivity index (χ0v) is 9.74. The van der Waals surface area contributed by atoms with Crippen LogP contribution in [-0.2, 0) is 4.79 Å². The SMILES string of the molecule is C=CCC(N)C(=O)NC1(CO)CCCCC1. The van der Waals surface area contributed by atoms with Crippen molar-refractivity contribution in [2.24, 2.45) is 5.73 Å². The summed E-state index contributed by atoms with van der Waals surface area (Å²) in [6.07, 6.45) is 7.07. The van der Waals surface area contributed by atoms with Crippen molar-refractivity contribution in [1.82, 2.24) is 5.32 Å². The maximum absolute atomic E-state index is 11.8. The first-order valence-electron chi connectivity index (χ1n) is 5.93. The molecule has 92 valence electrons. The number of aliphatic hydroxyl groups is 1. The van der Waals surface area contributed by atoms with Crippen molar-refractivity contribution in [2.75, 3.05) is 6.61 Å². The van der Waals surface area contributed by atoms with Crippen molar-refractivity contribution in [1.29, 1.82) is 0 Å². The summed E-state index contributed by atoms with van der Waals surface area (Å²) < 4.78 is 0. The topological polar surface area (TPSA) is 75.4 Å². The molecule has 0 aromatic rings. The van der Waals surface area contributed by atoms with E-state index in [-0.39, 0.29) is 12.5 Å². The van der Waals surface area contributed by atoms with E-state index >= 15 is 0 Å². The van der Waals surface area contributed by atoms with Gasteiger partial charge in [0.25, 0.3) is 0 Å². The van der Waals surface area contributed by atoms with E-state index in [1.54, 1.807) is 6.08 Å². The molecular formula is C12H22N2O2. The Morgan fingerprint density at radius 3 is 2.62 bits per heavy atom. The average molecular weight is 226 g/mol. The number of carbonyl (C=O) groups excluding carboxylic acids is 1. The van der Waals surface area contributed by atoms with Gasteiger partial charge in [0.15, 0.2) is 0 Å². The fraction of sp³-hybridized carbons (Fsp3) is 0.750. The zero-order valence-electron chi connectivity index (χ0n) is 9.74. The van der Waals surface area contributed by atoms with Gasteiger partial charge in [0, 0.05) is 0 Å². The second-order valence-corrected chi connectivity index (χ2v) is 4.62. The molecule has 0 saturated heterocycles. The third-order valence-electron chi connectivity index (χ3n) is 3.26. The molecule has 1 saturated carbocycles. The first-order valence-corrected chi connectivity index (χ1v) is 5.93. The molecule has 0 bridgehead atoms. The molecule has 1 rings (SSSR count). The molecule has 0 aromatic carbocycles. The Labute approximate surface area is 96.9 Å². The summed E-state index contributed by atoms with van der Waals surface area (Å²) in [6, 6.07) is -0.553. The van der Waals surface area contributed by atoms with Gasteiger partial charge < -0.3 is 16.2 Å². The Balaban J connectivity index is 2.54. The molecule has 0 radical (unpaired) electrons. The van der Waals surface area contributed by atoms with E-state index in [2.05, 4.69) is 11.9 Å². The van der Waals surface area contributed by atoms with Gasteiger partial charge in [0.2, 0.25) is 5.91 Å². The van der Waals surface area contributed by atoms with Gasteiger partial charge in [-0.25, -0.2) is 0 Å². The lowest BCUT2D eigenvalue weighted by Gasteiger charge is -2.37. The van der Waals surface area contributed by atoms with Crippen molar-refractivity contribution < 1.29 is 9.90 Å². The second kappa shape index (κ2) is 6.01. The highest BCUT2D eigenvalue weighted by Gasteiger charge is 2.33. The number of carbonyl (C=O) groups is 1. The van der Waals surface area contributed by atoms with Crippen molar-refractivity contribution in [3.63, 3.8) is 0 Å². The first kappa shape index (κ1) is 13.2. The fourth-order valence-corrected chi connectivity index (χ4v) is 2.19. The van der Waals surface area contributed by atoms with Crippen LogP contribution in [-0.4, -0.2) is 29.2 Å². The molecule has 0 aliphatic heterocycles. The number of nitrogens with one attached hydrogen (secondary N) is 1. The van der Waals surface area contributed by atoms with Crippen LogP contribution in [0, 0.1) is 0 Å². The number of amides is 1. The standard InChI is InChI=1S/C12H22N2O2/c1-2-6-10(13)11(16)14-12(9-15)7-4-3-5-8-12/h2,10,15H,1,3-9,13H2,(H,14,16). The highest BCUT2D eigenvalue weighted by atomic mass is 16.3. The van der Waals surface area contributed by atoms with Crippen molar-refractivity contribution in [2.45, 2.75) is 50.1 Å². The summed E-state index contributed by atoms with van der Waals surface area (Å²) in [5.41, 5.74) is 5.26. The summed E-state index contributed by atoms with van der Waals surface area (Å²) >= 11 is 0. The summed E-state index contributed by atoms with van der Waals surface area (Å²) in [5.74, 6) is -0.184. The highest BCUT2D eigenvalue weighted by molar-refractivity contribution is 5.82. The van der Waals surface area contributed by atoms with Crippen LogP contribution in [0.2, 0.25) is 0 Å². The molecule has 1 amide bonds. The van der Waals surface area contributed by atoms with E-state index in [0.29, 0.717) is 6.42 Å². The van der Waals surface area contributed by atoms with E-state index in [1.807, 2.05) is 0 Å². The number of hydrogen-bond acceptors (Lipinski definition) is 3. The zero-order chi connectivity index (χ0) is 12.0. The van der Waals surface area contributed by atoms with Gasteiger partial charge in [-0.05, 0) is 19.3 Å². The van der Waals surface area contributed by atoms with Crippen LogP contribution in [0.4, 0.5) is 0 Å². The maximum Gasteiger partial charge on any atom is 0.237 e. The number of hydrogen-bond donors (Lipinski definition) is 3. The van der Waals surface area contributed by atoms with Gasteiger partial charge in [-0.2, -0.15) is 0 Å². The monoisotopic (exact) mass is 226 g/mol. The maximum atomic E-state index is 11.8. The van der Waals surface area contributed by atoms with E-state index in [9.17, 15) is 9.90 Å². The molecule has 0 heterocycles. The first-order chi connectivity index (χ1) is 7.63. The summed E-state index contributed by atoms with van der Waals surface area (Å²) in [6.45, 7) is 3.56. The van der Waals surface area contributed by atoms with E-state index in [4.69, 9.17) is 5.73 Å². The van der Waals surface area contributed by atoms with E-state index < -0.39 is 11.6 Å². The number of aliphatic hydroxyl groups excluding tert-OH is 1. The van der Waals surface area contributed by atoms with E-state index in [1.165, 1.54) is 6.42 Å². The molecule has 4 heteroatoms. The minimum Gasteiger partial charge on any atom is -0.394 e. The van der Waals surface area contributed by atoms with Crippen molar-refractivity contribution in [3.05, 3.63) is 12.7 Å². The van der Waals surface area contributed by atoms with Gasteiger partial charge in [0.1, 0.15) is 0 Å². The van der Waals surface area contributed by atoms with Gasteiger partial charge in [-0.3, -0.25) is 4.79 Å². The molecular weight excluding hydrogens is 204 g/mol. The predicted molar refractivity (Wildman–Crippen MR) is 63.8 cm³/mol.